The smallest absolute Gasteiger partial charge is 0.185 e. The molecule has 0 aromatic carbocycles. The Morgan fingerprint density at radius 3 is 2.58 bits per heavy atom. The molecule has 1 atom stereocenters. The lowest BCUT2D eigenvalue weighted by atomic mass is 10.1. The quantitative estimate of drug-likeness (QED) is 0.860. The molecule has 3 heterocycles. The zero-order valence-corrected chi connectivity index (χ0v) is 11.9. The molecule has 0 radical (unpaired) electrons. The molecule has 2 aromatic heterocycles. The first-order valence-electron chi connectivity index (χ1n) is 6.64. The summed E-state index contributed by atoms with van der Waals surface area (Å²) in [4.78, 5) is 13.7. The lowest BCUT2D eigenvalue weighted by molar-refractivity contribution is 0.195. The minimum Gasteiger partial charge on any atom is -0.346 e. The summed E-state index contributed by atoms with van der Waals surface area (Å²) in [5, 5.41) is 3.18. The molecular weight excluding hydrogens is 256 g/mol. The maximum Gasteiger partial charge on any atom is 0.185 e. The first-order chi connectivity index (χ1) is 9.34. The van der Waals surface area contributed by atoms with Crippen molar-refractivity contribution in [1.29, 1.82) is 0 Å². The fraction of sp³-hybridized carbons (Fsp3) is 0.429. The molecule has 100 valence electrons. The van der Waals surface area contributed by atoms with E-state index >= 15 is 0 Å². The van der Waals surface area contributed by atoms with Gasteiger partial charge in [-0.15, -0.1) is 11.3 Å². The van der Waals surface area contributed by atoms with Crippen molar-refractivity contribution in [1.82, 2.24) is 14.9 Å². The fourth-order valence-corrected chi connectivity index (χ4v) is 3.18. The second-order valence-corrected chi connectivity index (χ2v) is 5.64. The Morgan fingerprint density at radius 1 is 1.11 bits per heavy atom. The lowest BCUT2D eigenvalue weighted by Crippen LogP contribution is -2.47. The van der Waals surface area contributed by atoms with E-state index < -0.39 is 0 Å². The van der Waals surface area contributed by atoms with Gasteiger partial charge in [0.05, 0.1) is 5.69 Å². The highest BCUT2D eigenvalue weighted by Gasteiger charge is 2.23. The number of piperazine rings is 1. The maximum atomic E-state index is 4.46. The van der Waals surface area contributed by atoms with E-state index in [1.807, 2.05) is 23.8 Å². The molecule has 1 aliphatic rings. The summed E-state index contributed by atoms with van der Waals surface area (Å²) in [6.45, 7) is 6.46. The van der Waals surface area contributed by atoms with Gasteiger partial charge in [0.25, 0.3) is 0 Å². The molecule has 0 saturated carbocycles. The van der Waals surface area contributed by atoms with E-state index in [-0.39, 0.29) is 0 Å². The first-order valence-corrected chi connectivity index (χ1v) is 7.52. The highest BCUT2D eigenvalue weighted by Crippen LogP contribution is 2.23. The third-order valence-electron chi connectivity index (χ3n) is 3.67. The number of thiazole rings is 1. The van der Waals surface area contributed by atoms with Crippen molar-refractivity contribution >= 4 is 16.5 Å². The van der Waals surface area contributed by atoms with Gasteiger partial charge in [-0.3, -0.25) is 9.88 Å². The molecular formula is C14H18N4S. The van der Waals surface area contributed by atoms with Crippen molar-refractivity contribution < 1.29 is 0 Å². The molecule has 1 saturated heterocycles. The summed E-state index contributed by atoms with van der Waals surface area (Å²) in [7, 11) is 0. The van der Waals surface area contributed by atoms with Gasteiger partial charge in [-0.1, -0.05) is 6.07 Å². The van der Waals surface area contributed by atoms with Crippen LogP contribution in [0.2, 0.25) is 0 Å². The number of pyridine rings is 1. The normalized spacial score (nSPS) is 18.5. The van der Waals surface area contributed by atoms with Crippen molar-refractivity contribution in [2.45, 2.75) is 13.0 Å². The summed E-state index contributed by atoms with van der Waals surface area (Å²) < 4.78 is 0. The lowest BCUT2D eigenvalue weighted by Gasteiger charge is -2.37. The molecule has 3 rings (SSSR count). The Bertz CT molecular complexity index is 491. The predicted octanol–water partition coefficient (Wildman–Crippen LogP) is 2.42. The predicted molar refractivity (Wildman–Crippen MR) is 78.6 cm³/mol. The molecule has 19 heavy (non-hydrogen) atoms. The topological polar surface area (TPSA) is 32.3 Å². The third kappa shape index (κ3) is 2.77. The maximum absolute atomic E-state index is 4.46. The van der Waals surface area contributed by atoms with E-state index in [1.54, 1.807) is 11.3 Å². The number of hydrogen-bond acceptors (Lipinski definition) is 5. The van der Waals surface area contributed by atoms with E-state index in [9.17, 15) is 0 Å². The van der Waals surface area contributed by atoms with Crippen LogP contribution in [0.4, 0.5) is 5.13 Å². The monoisotopic (exact) mass is 274 g/mol. The molecule has 0 N–H and O–H groups in total. The van der Waals surface area contributed by atoms with E-state index in [1.165, 1.54) is 0 Å². The highest BCUT2D eigenvalue weighted by atomic mass is 32.1. The van der Waals surface area contributed by atoms with Crippen LogP contribution < -0.4 is 4.90 Å². The number of rotatable bonds is 3. The SMILES string of the molecule is CC(c1ccccn1)N1CCN(c2nccs2)CC1. The van der Waals surface area contributed by atoms with Crippen LogP contribution in [0.5, 0.6) is 0 Å². The van der Waals surface area contributed by atoms with E-state index in [0.717, 1.165) is 37.0 Å². The fourth-order valence-electron chi connectivity index (χ4n) is 2.48. The molecule has 0 spiro atoms. The van der Waals surface area contributed by atoms with Gasteiger partial charge in [0.15, 0.2) is 5.13 Å². The van der Waals surface area contributed by atoms with Crippen molar-refractivity contribution in [3.8, 4) is 0 Å². The van der Waals surface area contributed by atoms with Gasteiger partial charge >= 0.3 is 0 Å². The largest absolute Gasteiger partial charge is 0.346 e. The van der Waals surface area contributed by atoms with Gasteiger partial charge in [0.1, 0.15) is 0 Å². The molecule has 0 amide bonds. The molecule has 1 aliphatic heterocycles. The number of aromatic nitrogens is 2. The standard InChI is InChI=1S/C14H18N4S/c1-12(13-4-2-3-5-15-13)17-7-9-18(10-8-17)14-16-6-11-19-14/h2-6,11-12H,7-10H2,1H3. The van der Waals surface area contributed by atoms with E-state index in [4.69, 9.17) is 0 Å². The first kappa shape index (κ1) is 12.6. The molecule has 1 unspecified atom stereocenters. The zero-order valence-electron chi connectivity index (χ0n) is 11.1. The second kappa shape index (κ2) is 5.67. The van der Waals surface area contributed by atoms with Crippen LogP contribution in [-0.2, 0) is 0 Å². The Balaban J connectivity index is 1.61. The van der Waals surface area contributed by atoms with Gasteiger partial charge in [-0.2, -0.15) is 0 Å². The Kier molecular flexibility index (Phi) is 3.75. The molecule has 0 aliphatic carbocycles. The van der Waals surface area contributed by atoms with Crippen molar-refractivity contribution in [3.05, 3.63) is 41.7 Å². The van der Waals surface area contributed by atoms with E-state index in [2.05, 4.69) is 38.8 Å². The number of hydrogen-bond donors (Lipinski definition) is 0. The number of nitrogens with zero attached hydrogens (tertiary/aromatic N) is 4. The number of anilines is 1. The summed E-state index contributed by atoms with van der Waals surface area (Å²) in [6.07, 6.45) is 3.75. The van der Waals surface area contributed by atoms with Crippen molar-refractivity contribution in [2.24, 2.45) is 0 Å². The van der Waals surface area contributed by atoms with Crippen LogP contribution in [0.3, 0.4) is 0 Å². The van der Waals surface area contributed by atoms with E-state index in [0.29, 0.717) is 6.04 Å². The minimum atomic E-state index is 0.389. The molecule has 2 aromatic rings. The van der Waals surface area contributed by atoms with Crippen LogP contribution in [0.15, 0.2) is 36.0 Å². The Morgan fingerprint density at radius 2 is 1.95 bits per heavy atom. The zero-order chi connectivity index (χ0) is 13.1. The molecule has 4 nitrogen and oxygen atoms in total. The van der Waals surface area contributed by atoms with Gasteiger partial charge in [-0.05, 0) is 19.1 Å². The summed E-state index contributed by atoms with van der Waals surface area (Å²) in [6, 6.07) is 6.53. The van der Waals surface area contributed by atoms with Gasteiger partial charge in [-0.25, -0.2) is 4.98 Å². The van der Waals surface area contributed by atoms with Gasteiger partial charge in [0.2, 0.25) is 0 Å². The van der Waals surface area contributed by atoms with Crippen LogP contribution in [0.1, 0.15) is 18.7 Å². The Labute approximate surface area is 117 Å². The molecule has 0 bridgehead atoms. The average molecular weight is 274 g/mol. The van der Waals surface area contributed by atoms with Gasteiger partial charge < -0.3 is 4.90 Å². The van der Waals surface area contributed by atoms with Gasteiger partial charge in [0, 0.05) is 50.0 Å². The summed E-state index contributed by atoms with van der Waals surface area (Å²) in [5.74, 6) is 0. The Hall–Kier alpha value is -1.46. The summed E-state index contributed by atoms with van der Waals surface area (Å²) >= 11 is 1.72. The van der Waals surface area contributed by atoms with Crippen LogP contribution in [-0.4, -0.2) is 41.0 Å². The third-order valence-corrected chi connectivity index (χ3v) is 4.50. The average Bonchev–Trinajstić information content (AvgIpc) is 3.02. The van der Waals surface area contributed by atoms with Crippen molar-refractivity contribution in [2.75, 3.05) is 31.1 Å². The second-order valence-electron chi connectivity index (χ2n) is 4.77. The summed E-state index contributed by atoms with van der Waals surface area (Å²) in [5.41, 5.74) is 1.16. The van der Waals surface area contributed by atoms with Crippen molar-refractivity contribution in [3.63, 3.8) is 0 Å². The van der Waals surface area contributed by atoms with Crippen LogP contribution in [0, 0.1) is 0 Å². The van der Waals surface area contributed by atoms with Crippen LogP contribution in [0.25, 0.3) is 0 Å². The minimum absolute atomic E-state index is 0.389. The highest BCUT2D eigenvalue weighted by molar-refractivity contribution is 7.13. The molecule has 5 heteroatoms. The molecule has 1 fully saturated rings. The van der Waals surface area contributed by atoms with Crippen LogP contribution >= 0.6 is 11.3 Å².